The third-order valence-corrected chi connectivity index (χ3v) is 5.56. The first-order valence-corrected chi connectivity index (χ1v) is 9.62. The second-order valence-electron chi connectivity index (χ2n) is 5.65. The number of carbonyl (C=O) groups excluding carboxylic acids is 2. The monoisotopic (exact) mass is 441 g/mol. The van der Waals surface area contributed by atoms with Gasteiger partial charge in [0.15, 0.2) is 12.4 Å². The molecule has 0 saturated heterocycles. The molecule has 0 aliphatic rings. The molecule has 7 heteroatoms. The largest absolute Gasteiger partial charge is 0.463 e. The van der Waals surface area contributed by atoms with Crippen LogP contribution in [0.2, 0.25) is 0 Å². The van der Waals surface area contributed by atoms with Crippen LogP contribution >= 0.6 is 27.3 Å². The lowest BCUT2D eigenvalue weighted by Crippen LogP contribution is -2.14. The van der Waals surface area contributed by atoms with Crippen LogP contribution in [0.1, 0.15) is 20.0 Å². The Labute approximate surface area is 166 Å². The molecule has 0 aliphatic heterocycles. The maximum atomic E-state index is 12.7. The van der Waals surface area contributed by atoms with Crippen molar-refractivity contribution in [3.8, 4) is 11.5 Å². The van der Waals surface area contributed by atoms with E-state index in [9.17, 15) is 9.59 Å². The lowest BCUT2D eigenvalue weighted by Gasteiger charge is -2.08. The van der Waals surface area contributed by atoms with Gasteiger partial charge in [-0.15, -0.1) is 11.3 Å². The van der Waals surface area contributed by atoms with Crippen LogP contribution in [0.3, 0.4) is 0 Å². The van der Waals surface area contributed by atoms with Crippen LogP contribution < -0.4 is 0 Å². The smallest absolute Gasteiger partial charge is 0.339 e. The van der Waals surface area contributed by atoms with E-state index in [2.05, 4.69) is 20.9 Å². The molecule has 3 aromatic heterocycles. The molecule has 5 nitrogen and oxygen atoms in total. The van der Waals surface area contributed by atoms with Gasteiger partial charge in [-0.05, 0) is 52.3 Å². The number of hydrogen-bond donors (Lipinski definition) is 0. The van der Waals surface area contributed by atoms with E-state index in [0.717, 1.165) is 3.79 Å². The SMILES string of the molecule is O=C(COC(=O)c1cc(-c2ccco2)nc2ccccc12)c1ccc(Br)s1. The molecule has 0 amide bonds. The van der Waals surface area contributed by atoms with E-state index in [4.69, 9.17) is 9.15 Å². The van der Waals surface area contributed by atoms with E-state index in [1.54, 1.807) is 42.7 Å². The predicted octanol–water partition coefficient (Wildman–Crippen LogP) is 5.36. The van der Waals surface area contributed by atoms with Gasteiger partial charge in [0.1, 0.15) is 5.69 Å². The van der Waals surface area contributed by atoms with Crippen LogP contribution in [0.5, 0.6) is 0 Å². The van der Waals surface area contributed by atoms with E-state index in [1.807, 2.05) is 18.2 Å². The second kappa shape index (κ2) is 7.46. The summed E-state index contributed by atoms with van der Waals surface area (Å²) in [4.78, 5) is 29.9. The molecule has 0 N–H and O–H groups in total. The topological polar surface area (TPSA) is 69.4 Å². The van der Waals surface area contributed by atoms with Gasteiger partial charge in [-0.25, -0.2) is 9.78 Å². The number of Topliss-reactive ketones (excluding diaryl/α,β-unsaturated/α-hetero) is 1. The summed E-state index contributed by atoms with van der Waals surface area (Å²) in [6.45, 7) is -0.321. The van der Waals surface area contributed by atoms with Crippen LogP contribution in [-0.4, -0.2) is 23.3 Å². The fraction of sp³-hybridized carbons (Fsp3) is 0.0500. The summed E-state index contributed by atoms with van der Waals surface area (Å²) in [5.74, 6) is -0.275. The van der Waals surface area contributed by atoms with E-state index in [1.165, 1.54) is 11.3 Å². The first-order valence-electron chi connectivity index (χ1n) is 8.01. The summed E-state index contributed by atoms with van der Waals surface area (Å²) in [5, 5.41) is 0.657. The van der Waals surface area contributed by atoms with Crippen LogP contribution in [0.4, 0.5) is 0 Å². The molecular weight excluding hydrogens is 430 g/mol. The van der Waals surface area contributed by atoms with Crippen molar-refractivity contribution in [2.45, 2.75) is 0 Å². The molecule has 0 saturated carbocycles. The van der Waals surface area contributed by atoms with Gasteiger partial charge in [-0.2, -0.15) is 0 Å². The number of nitrogens with zero attached hydrogens (tertiary/aromatic N) is 1. The molecule has 4 aromatic rings. The molecule has 0 radical (unpaired) electrons. The molecule has 0 fully saturated rings. The number of furan rings is 1. The number of esters is 1. The summed E-state index contributed by atoms with van der Waals surface area (Å²) in [7, 11) is 0. The standard InChI is InChI=1S/C20H12BrNO4S/c21-19-8-7-18(27-19)16(23)11-26-20(24)13-10-15(17-6-3-9-25-17)22-14-5-2-1-4-12(13)14/h1-10H,11H2. The zero-order chi connectivity index (χ0) is 18.8. The number of benzene rings is 1. The van der Waals surface area contributed by atoms with Crippen molar-refractivity contribution in [3.63, 3.8) is 0 Å². The molecule has 0 atom stereocenters. The Morgan fingerprint density at radius 2 is 1.96 bits per heavy atom. The maximum absolute atomic E-state index is 12.7. The number of carbonyl (C=O) groups is 2. The molecule has 3 heterocycles. The number of thiophene rings is 1. The summed E-state index contributed by atoms with van der Waals surface area (Å²) >= 11 is 4.61. The lowest BCUT2D eigenvalue weighted by atomic mass is 10.1. The number of ether oxygens (including phenoxy) is 1. The van der Waals surface area contributed by atoms with E-state index in [-0.39, 0.29) is 12.4 Å². The fourth-order valence-electron chi connectivity index (χ4n) is 2.64. The molecule has 1 aromatic carbocycles. The van der Waals surface area contributed by atoms with Crippen molar-refractivity contribution in [1.29, 1.82) is 0 Å². The molecule has 0 unspecified atom stereocenters. The Kier molecular flexibility index (Phi) is 4.87. The van der Waals surface area contributed by atoms with Gasteiger partial charge >= 0.3 is 5.97 Å². The molecule has 0 spiro atoms. The van der Waals surface area contributed by atoms with E-state index in [0.29, 0.717) is 32.8 Å². The quantitative estimate of drug-likeness (QED) is 0.308. The highest BCUT2D eigenvalue weighted by Gasteiger charge is 2.18. The van der Waals surface area contributed by atoms with Gasteiger partial charge in [-0.1, -0.05) is 18.2 Å². The first kappa shape index (κ1) is 17.6. The minimum Gasteiger partial charge on any atom is -0.463 e. The van der Waals surface area contributed by atoms with Crippen molar-refractivity contribution in [2.24, 2.45) is 0 Å². The lowest BCUT2D eigenvalue weighted by molar-refractivity contribution is 0.0478. The molecule has 27 heavy (non-hydrogen) atoms. The molecule has 0 bridgehead atoms. The number of para-hydroxylation sites is 1. The van der Waals surface area contributed by atoms with Gasteiger partial charge < -0.3 is 9.15 Å². The average Bonchev–Trinajstić information content (AvgIpc) is 3.37. The Morgan fingerprint density at radius 1 is 1.11 bits per heavy atom. The Hall–Kier alpha value is -2.77. The molecule has 134 valence electrons. The van der Waals surface area contributed by atoms with Gasteiger partial charge in [0.2, 0.25) is 5.78 Å². The van der Waals surface area contributed by atoms with Crippen LogP contribution in [0.15, 0.2) is 69.1 Å². The normalized spacial score (nSPS) is 10.9. The Morgan fingerprint density at radius 3 is 2.70 bits per heavy atom. The number of rotatable bonds is 5. The number of ketones is 1. The second-order valence-corrected chi connectivity index (χ2v) is 8.12. The summed E-state index contributed by atoms with van der Waals surface area (Å²) < 4.78 is 11.5. The highest BCUT2D eigenvalue weighted by Crippen LogP contribution is 2.26. The van der Waals surface area contributed by atoms with E-state index < -0.39 is 5.97 Å². The summed E-state index contributed by atoms with van der Waals surface area (Å²) in [6.07, 6.45) is 1.54. The van der Waals surface area contributed by atoms with E-state index >= 15 is 0 Å². The first-order chi connectivity index (χ1) is 13.1. The zero-order valence-corrected chi connectivity index (χ0v) is 16.2. The Balaban J connectivity index is 1.63. The van der Waals surface area contributed by atoms with Crippen molar-refractivity contribution < 1.29 is 18.7 Å². The van der Waals surface area contributed by atoms with Gasteiger partial charge in [0.05, 0.1) is 26.0 Å². The molecular formula is C20H12BrNO4S. The molecule has 4 rings (SSSR count). The van der Waals surface area contributed by atoms with Crippen molar-refractivity contribution >= 4 is 49.9 Å². The number of pyridine rings is 1. The minimum absolute atomic E-state index is 0.247. The number of halogens is 1. The Bertz CT molecular complexity index is 1130. The third kappa shape index (κ3) is 3.70. The van der Waals surface area contributed by atoms with Crippen molar-refractivity contribution in [2.75, 3.05) is 6.61 Å². The van der Waals surface area contributed by atoms with Crippen molar-refractivity contribution in [1.82, 2.24) is 4.98 Å². The predicted molar refractivity (Wildman–Crippen MR) is 106 cm³/mol. The number of aromatic nitrogens is 1. The highest BCUT2D eigenvalue weighted by molar-refractivity contribution is 9.11. The zero-order valence-electron chi connectivity index (χ0n) is 13.8. The van der Waals surface area contributed by atoms with Crippen molar-refractivity contribution in [3.05, 3.63) is 75.1 Å². The van der Waals surface area contributed by atoms with Crippen LogP contribution in [0.25, 0.3) is 22.4 Å². The molecule has 0 aliphatic carbocycles. The van der Waals surface area contributed by atoms with Gasteiger partial charge in [0, 0.05) is 5.39 Å². The minimum atomic E-state index is -0.578. The maximum Gasteiger partial charge on any atom is 0.339 e. The number of hydrogen-bond acceptors (Lipinski definition) is 6. The van der Waals surface area contributed by atoms with Gasteiger partial charge in [0.25, 0.3) is 0 Å². The van der Waals surface area contributed by atoms with Gasteiger partial charge in [-0.3, -0.25) is 4.79 Å². The highest BCUT2D eigenvalue weighted by atomic mass is 79.9. The third-order valence-electron chi connectivity index (χ3n) is 3.89. The number of fused-ring (bicyclic) bond motifs is 1. The van der Waals surface area contributed by atoms with Crippen LogP contribution in [0, 0.1) is 0 Å². The summed E-state index contributed by atoms with van der Waals surface area (Å²) in [6, 6.07) is 15.9. The average molecular weight is 442 g/mol. The fourth-order valence-corrected chi connectivity index (χ4v) is 3.95. The summed E-state index contributed by atoms with van der Waals surface area (Å²) in [5.41, 5.74) is 1.51. The van der Waals surface area contributed by atoms with Crippen LogP contribution in [-0.2, 0) is 4.74 Å².